The summed E-state index contributed by atoms with van der Waals surface area (Å²) in [6.07, 6.45) is 9.91. The Morgan fingerprint density at radius 2 is 1.29 bits per heavy atom. The number of imidazole rings is 2. The molecule has 0 unspecified atom stereocenters. The number of hydrogen-bond acceptors (Lipinski definition) is 8. The van der Waals surface area contributed by atoms with Gasteiger partial charge in [-0.3, -0.25) is 14.5 Å². The minimum absolute atomic E-state index is 0.0981. The second-order valence-electron chi connectivity index (χ2n) is 10.7. The minimum atomic E-state index is -0.544. The SMILES string of the molecule is CC(C)(C)OC(=O)Cn1ccnc1CN(CCCCCN)Cc1nccn1CC(=O)OC(C)(C)C. The van der Waals surface area contributed by atoms with E-state index < -0.39 is 11.2 Å². The van der Waals surface area contributed by atoms with Crippen LogP contribution in [0, 0.1) is 0 Å². The molecule has 0 aliphatic carbocycles. The molecule has 2 aromatic rings. The van der Waals surface area contributed by atoms with Crippen molar-refractivity contribution in [2.24, 2.45) is 5.73 Å². The molecule has 0 saturated carbocycles. The smallest absolute Gasteiger partial charge is 0.326 e. The van der Waals surface area contributed by atoms with Crippen molar-refractivity contribution in [1.29, 1.82) is 0 Å². The van der Waals surface area contributed by atoms with E-state index >= 15 is 0 Å². The van der Waals surface area contributed by atoms with Crippen molar-refractivity contribution in [2.75, 3.05) is 13.1 Å². The summed E-state index contributed by atoms with van der Waals surface area (Å²) in [6.45, 7) is 13.8. The lowest BCUT2D eigenvalue weighted by Gasteiger charge is -2.24. The highest BCUT2D eigenvalue weighted by Crippen LogP contribution is 2.14. The van der Waals surface area contributed by atoms with Crippen LogP contribution < -0.4 is 5.73 Å². The molecule has 0 aliphatic rings. The summed E-state index contributed by atoms with van der Waals surface area (Å²) in [5.74, 6) is 0.915. The molecule has 0 amide bonds. The Morgan fingerprint density at radius 3 is 1.69 bits per heavy atom. The fraction of sp³-hybridized carbons (Fsp3) is 0.680. The lowest BCUT2D eigenvalue weighted by atomic mass is 10.2. The summed E-state index contributed by atoms with van der Waals surface area (Å²) in [5, 5.41) is 0. The number of aromatic nitrogens is 4. The number of nitrogens with zero attached hydrogens (tertiary/aromatic N) is 5. The van der Waals surface area contributed by atoms with Crippen molar-refractivity contribution >= 4 is 11.9 Å². The number of hydrogen-bond donors (Lipinski definition) is 1. The summed E-state index contributed by atoms with van der Waals surface area (Å²) in [6, 6.07) is 0. The van der Waals surface area contributed by atoms with E-state index in [1.807, 2.05) is 50.7 Å². The first-order valence-electron chi connectivity index (χ1n) is 12.2. The van der Waals surface area contributed by atoms with E-state index in [1.54, 1.807) is 24.8 Å². The summed E-state index contributed by atoms with van der Waals surface area (Å²) >= 11 is 0. The highest BCUT2D eigenvalue weighted by atomic mass is 16.6. The molecule has 2 aromatic heterocycles. The van der Waals surface area contributed by atoms with Crippen LogP contribution in [0.25, 0.3) is 0 Å². The van der Waals surface area contributed by atoms with Crippen molar-refractivity contribution in [1.82, 2.24) is 24.0 Å². The van der Waals surface area contributed by atoms with Gasteiger partial charge in [0.05, 0.1) is 13.1 Å². The lowest BCUT2D eigenvalue weighted by molar-refractivity contribution is -0.156. The van der Waals surface area contributed by atoms with E-state index in [2.05, 4.69) is 14.9 Å². The number of carbonyl (C=O) groups is 2. The molecule has 35 heavy (non-hydrogen) atoms. The van der Waals surface area contributed by atoms with Gasteiger partial charge in [-0.05, 0) is 67.5 Å². The van der Waals surface area contributed by atoms with Crippen LogP contribution in [0.1, 0.15) is 72.5 Å². The fourth-order valence-electron chi connectivity index (χ4n) is 3.57. The van der Waals surface area contributed by atoms with E-state index in [4.69, 9.17) is 15.2 Å². The molecular weight excluding hydrogens is 448 g/mol. The third kappa shape index (κ3) is 11.0. The Morgan fingerprint density at radius 1 is 0.829 bits per heavy atom. The van der Waals surface area contributed by atoms with Crippen molar-refractivity contribution < 1.29 is 19.1 Å². The van der Waals surface area contributed by atoms with Gasteiger partial charge in [0.25, 0.3) is 0 Å². The largest absolute Gasteiger partial charge is 0.459 e. The maximum absolute atomic E-state index is 12.4. The number of ether oxygens (including phenoxy) is 2. The molecule has 0 saturated heterocycles. The molecular formula is C25H42N6O4. The molecule has 0 fully saturated rings. The van der Waals surface area contributed by atoms with E-state index in [-0.39, 0.29) is 25.0 Å². The first-order chi connectivity index (χ1) is 16.4. The molecule has 10 nitrogen and oxygen atoms in total. The minimum Gasteiger partial charge on any atom is -0.459 e. The molecule has 0 radical (unpaired) electrons. The van der Waals surface area contributed by atoms with Crippen LogP contribution in [-0.2, 0) is 45.2 Å². The van der Waals surface area contributed by atoms with Gasteiger partial charge in [0.2, 0.25) is 0 Å². The number of rotatable bonds is 13. The normalized spacial score (nSPS) is 12.2. The van der Waals surface area contributed by atoms with Crippen molar-refractivity contribution in [2.45, 2.75) is 98.2 Å². The van der Waals surface area contributed by atoms with Gasteiger partial charge in [0, 0.05) is 24.8 Å². The topological polar surface area (TPSA) is 118 Å². The second kappa shape index (κ2) is 12.8. The van der Waals surface area contributed by atoms with Crippen molar-refractivity contribution in [3.05, 3.63) is 36.4 Å². The monoisotopic (exact) mass is 490 g/mol. The molecule has 2 heterocycles. The van der Waals surface area contributed by atoms with Crippen LogP contribution in [-0.4, -0.2) is 60.2 Å². The predicted molar refractivity (Wildman–Crippen MR) is 133 cm³/mol. The Hall–Kier alpha value is -2.72. The summed E-state index contributed by atoms with van der Waals surface area (Å²) in [5.41, 5.74) is 4.57. The third-order valence-corrected chi connectivity index (χ3v) is 4.95. The lowest BCUT2D eigenvalue weighted by Crippen LogP contribution is -2.30. The second-order valence-corrected chi connectivity index (χ2v) is 10.7. The van der Waals surface area contributed by atoms with Crippen molar-refractivity contribution in [3.8, 4) is 0 Å². The Kier molecular flexibility index (Phi) is 10.5. The molecule has 2 N–H and O–H groups in total. The zero-order valence-electron chi connectivity index (χ0n) is 22.1. The first kappa shape index (κ1) is 28.5. The maximum atomic E-state index is 12.4. The van der Waals surface area contributed by atoms with Gasteiger partial charge in [-0.2, -0.15) is 0 Å². The Balaban J connectivity index is 2.11. The van der Waals surface area contributed by atoms with E-state index in [0.29, 0.717) is 19.6 Å². The van der Waals surface area contributed by atoms with Gasteiger partial charge in [0.15, 0.2) is 0 Å². The maximum Gasteiger partial charge on any atom is 0.326 e. The number of esters is 2. The van der Waals surface area contributed by atoms with Crippen LogP contribution in [0.4, 0.5) is 0 Å². The molecule has 0 aromatic carbocycles. The summed E-state index contributed by atoms with van der Waals surface area (Å²) in [7, 11) is 0. The molecule has 0 spiro atoms. The average Bonchev–Trinajstić information content (AvgIpc) is 3.31. The summed E-state index contributed by atoms with van der Waals surface area (Å²) in [4.78, 5) is 35.9. The Bertz CT molecular complexity index is 868. The molecule has 0 atom stereocenters. The van der Waals surface area contributed by atoms with Gasteiger partial charge in [-0.25, -0.2) is 9.97 Å². The number of carbonyl (C=O) groups excluding carboxylic acids is 2. The quantitative estimate of drug-likeness (QED) is 0.336. The standard InChI is InChI=1S/C25H42N6O4/c1-24(2,3)34-22(32)18-30-14-11-27-20(30)16-29(13-9-7-8-10-26)17-21-28-12-15-31(21)19-23(33)35-25(4,5)6/h11-12,14-15H,7-10,13,16-19,26H2,1-6H3. The van der Waals surface area contributed by atoms with Gasteiger partial charge < -0.3 is 24.3 Å². The zero-order valence-corrected chi connectivity index (χ0v) is 22.1. The van der Waals surface area contributed by atoms with Gasteiger partial charge >= 0.3 is 11.9 Å². The molecule has 0 bridgehead atoms. The summed E-state index contributed by atoms with van der Waals surface area (Å²) < 4.78 is 14.6. The Labute approximate surface area is 208 Å². The van der Waals surface area contributed by atoms with Gasteiger partial charge in [-0.15, -0.1) is 0 Å². The van der Waals surface area contributed by atoms with Crippen LogP contribution in [0.15, 0.2) is 24.8 Å². The predicted octanol–water partition coefficient (Wildman–Crippen LogP) is 2.89. The van der Waals surface area contributed by atoms with E-state index in [0.717, 1.165) is 37.5 Å². The number of nitrogens with two attached hydrogens (primary N) is 1. The van der Waals surface area contributed by atoms with Crippen LogP contribution in [0.5, 0.6) is 0 Å². The van der Waals surface area contributed by atoms with Crippen LogP contribution >= 0.6 is 0 Å². The highest BCUT2D eigenvalue weighted by Gasteiger charge is 2.21. The van der Waals surface area contributed by atoms with E-state index in [9.17, 15) is 9.59 Å². The molecule has 10 heteroatoms. The molecule has 196 valence electrons. The molecule has 0 aliphatic heterocycles. The first-order valence-corrected chi connectivity index (χ1v) is 12.2. The van der Waals surface area contributed by atoms with Crippen LogP contribution in [0.2, 0.25) is 0 Å². The van der Waals surface area contributed by atoms with Crippen molar-refractivity contribution in [3.63, 3.8) is 0 Å². The van der Waals surface area contributed by atoms with E-state index in [1.165, 1.54) is 0 Å². The zero-order chi connectivity index (χ0) is 26.1. The van der Waals surface area contributed by atoms with Crippen LogP contribution in [0.3, 0.4) is 0 Å². The van der Waals surface area contributed by atoms with Gasteiger partial charge in [-0.1, -0.05) is 6.42 Å². The van der Waals surface area contributed by atoms with Gasteiger partial charge in [0.1, 0.15) is 35.9 Å². The molecule has 2 rings (SSSR count). The highest BCUT2D eigenvalue weighted by molar-refractivity contribution is 5.70. The average molecular weight is 491 g/mol. The number of unbranched alkanes of at least 4 members (excludes halogenated alkanes) is 2. The fourth-order valence-corrected chi connectivity index (χ4v) is 3.57. The third-order valence-electron chi connectivity index (χ3n) is 4.95.